The van der Waals surface area contributed by atoms with Crippen LogP contribution in [0.1, 0.15) is 46.1 Å². The second kappa shape index (κ2) is 8.55. The molecule has 1 aliphatic rings. The highest BCUT2D eigenvalue weighted by atomic mass is 35.5. The van der Waals surface area contributed by atoms with Crippen LogP contribution in [0.15, 0.2) is 24.3 Å². The van der Waals surface area contributed by atoms with Gasteiger partial charge in [-0.3, -0.25) is 4.79 Å². The number of carbonyl (C=O) groups excluding carboxylic acids is 1. The number of carbonyl (C=O) groups is 1. The van der Waals surface area contributed by atoms with Crippen molar-refractivity contribution in [3.05, 3.63) is 29.8 Å². The first kappa shape index (κ1) is 19.8. The van der Waals surface area contributed by atoms with Gasteiger partial charge in [0.25, 0.3) is 5.91 Å². The summed E-state index contributed by atoms with van der Waals surface area (Å²) in [6, 6.07) is 8.21. The van der Waals surface area contributed by atoms with Crippen LogP contribution in [0, 0.1) is 0 Å². The molecule has 0 aromatic heterocycles. The maximum Gasteiger partial charge on any atom is 0.261 e. The molecule has 5 heteroatoms. The van der Waals surface area contributed by atoms with Crippen LogP contribution < -0.4 is 15.4 Å². The molecule has 0 radical (unpaired) electrons. The molecule has 0 spiro atoms. The minimum absolute atomic E-state index is 0. The van der Waals surface area contributed by atoms with E-state index in [-0.39, 0.29) is 29.8 Å². The summed E-state index contributed by atoms with van der Waals surface area (Å²) in [4.78, 5) is 12.2. The van der Waals surface area contributed by atoms with Crippen molar-refractivity contribution < 1.29 is 9.53 Å². The number of benzene rings is 1. The zero-order chi connectivity index (χ0) is 16.2. The third-order valence-corrected chi connectivity index (χ3v) is 4.05. The van der Waals surface area contributed by atoms with Crippen LogP contribution >= 0.6 is 12.4 Å². The van der Waals surface area contributed by atoms with E-state index in [1.54, 1.807) is 6.92 Å². The zero-order valence-corrected chi connectivity index (χ0v) is 15.3. The number of hydrogen-bond donors (Lipinski definition) is 2. The van der Waals surface area contributed by atoms with Gasteiger partial charge in [0.05, 0.1) is 0 Å². The molecule has 130 valence electrons. The van der Waals surface area contributed by atoms with Gasteiger partial charge < -0.3 is 15.4 Å². The fourth-order valence-electron chi connectivity index (χ4n) is 2.58. The number of ether oxygens (including phenoxy) is 1. The third kappa shape index (κ3) is 6.04. The largest absolute Gasteiger partial charge is 0.481 e. The summed E-state index contributed by atoms with van der Waals surface area (Å²) in [5.41, 5.74) is 1.38. The molecule has 0 aliphatic carbocycles. The van der Waals surface area contributed by atoms with Crippen molar-refractivity contribution in [1.29, 1.82) is 0 Å². The minimum Gasteiger partial charge on any atom is -0.481 e. The van der Waals surface area contributed by atoms with E-state index in [1.165, 1.54) is 5.56 Å². The van der Waals surface area contributed by atoms with Crippen molar-refractivity contribution in [2.75, 3.05) is 13.1 Å². The molecule has 2 atom stereocenters. The number of piperidine rings is 1. The van der Waals surface area contributed by atoms with Crippen LogP contribution in [0.3, 0.4) is 0 Å². The molecule has 4 nitrogen and oxygen atoms in total. The van der Waals surface area contributed by atoms with Gasteiger partial charge in [-0.2, -0.15) is 0 Å². The summed E-state index contributed by atoms with van der Waals surface area (Å²) >= 11 is 0. The van der Waals surface area contributed by atoms with E-state index in [1.807, 2.05) is 12.1 Å². The standard InChI is InChI=1S/C18H28N2O2.ClH/c1-13(17(21)20-15-6-5-11-19-12-15)22-16-9-7-14(8-10-16)18(2,3)4;/h7-10,13,15,19H,5-6,11-12H2,1-4H3,(H,20,21);1H. The van der Waals surface area contributed by atoms with Gasteiger partial charge >= 0.3 is 0 Å². The highest BCUT2D eigenvalue weighted by molar-refractivity contribution is 5.85. The zero-order valence-electron chi connectivity index (χ0n) is 14.5. The molecule has 0 bridgehead atoms. The smallest absolute Gasteiger partial charge is 0.261 e. The molecule has 1 saturated heterocycles. The highest BCUT2D eigenvalue weighted by Crippen LogP contribution is 2.24. The Hall–Kier alpha value is -1.26. The molecule has 0 saturated carbocycles. The van der Waals surface area contributed by atoms with Crippen LogP contribution in [0.2, 0.25) is 0 Å². The highest BCUT2D eigenvalue weighted by Gasteiger charge is 2.21. The van der Waals surface area contributed by atoms with Gasteiger partial charge in [0, 0.05) is 12.6 Å². The van der Waals surface area contributed by atoms with Crippen LogP contribution in [0.5, 0.6) is 5.75 Å². The Bertz CT molecular complexity index is 491. The van der Waals surface area contributed by atoms with Crippen molar-refractivity contribution in [1.82, 2.24) is 10.6 Å². The predicted molar refractivity (Wildman–Crippen MR) is 96.5 cm³/mol. The Labute approximate surface area is 145 Å². The monoisotopic (exact) mass is 340 g/mol. The predicted octanol–water partition coefficient (Wildman–Crippen LogP) is 3.04. The molecular weight excluding hydrogens is 312 g/mol. The average molecular weight is 341 g/mol. The molecule has 1 aromatic carbocycles. The third-order valence-electron chi connectivity index (χ3n) is 4.05. The van der Waals surface area contributed by atoms with Gasteiger partial charge in [-0.15, -0.1) is 12.4 Å². The molecule has 1 aliphatic heterocycles. The molecule has 2 N–H and O–H groups in total. The van der Waals surface area contributed by atoms with Gasteiger partial charge in [-0.25, -0.2) is 0 Å². The van der Waals surface area contributed by atoms with Crippen LogP contribution in [-0.2, 0) is 10.2 Å². The van der Waals surface area contributed by atoms with E-state index >= 15 is 0 Å². The number of amides is 1. The van der Waals surface area contributed by atoms with Gasteiger partial charge in [0.1, 0.15) is 5.75 Å². The molecule has 2 rings (SSSR count). The molecule has 2 unspecified atom stereocenters. The number of rotatable bonds is 4. The van der Waals surface area contributed by atoms with Crippen molar-refractivity contribution in [3.63, 3.8) is 0 Å². The fraction of sp³-hybridized carbons (Fsp3) is 0.611. The lowest BCUT2D eigenvalue weighted by Crippen LogP contribution is -2.49. The van der Waals surface area contributed by atoms with Crippen molar-refractivity contribution >= 4 is 18.3 Å². The normalized spacial score (nSPS) is 19.4. The Morgan fingerprint density at radius 3 is 2.48 bits per heavy atom. The van der Waals surface area contributed by atoms with Gasteiger partial charge in [-0.05, 0) is 49.4 Å². The lowest BCUT2D eigenvalue weighted by Gasteiger charge is -2.25. The Morgan fingerprint density at radius 2 is 1.96 bits per heavy atom. The molecule has 1 heterocycles. The number of nitrogens with one attached hydrogen (secondary N) is 2. The van der Waals surface area contributed by atoms with Gasteiger partial charge in [0.15, 0.2) is 6.10 Å². The lowest BCUT2D eigenvalue weighted by atomic mass is 9.87. The summed E-state index contributed by atoms with van der Waals surface area (Å²) in [5.74, 6) is 0.686. The van der Waals surface area contributed by atoms with E-state index in [0.29, 0.717) is 0 Å². The van der Waals surface area contributed by atoms with E-state index in [2.05, 4.69) is 43.5 Å². The first-order chi connectivity index (χ1) is 10.4. The van der Waals surface area contributed by atoms with Crippen molar-refractivity contribution in [2.24, 2.45) is 0 Å². The molecule has 23 heavy (non-hydrogen) atoms. The Kier molecular flexibility index (Phi) is 7.36. The van der Waals surface area contributed by atoms with Crippen LogP contribution in [0.4, 0.5) is 0 Å². The van der Waals surface area contributed by atoms with E-state index in [4.69, 9.17) is 4.74 Å². The molecule has 1 amide bonds. The van der Waals surface area contributed by atoms with Crippen molar-refractivity contribution in [2.45, 2.75) is 58.1 Å². The number of hydrogen-bond acceptors (Lipinski definition) is 3. The summed E-state index contributed by atoms with van der Waals surface area (Å²) in [6.45, 7) is 10.2. The average Bonchev–Trinajstić information content (AvgIpc) is 2.48. The molecule has 1 fully saturated rings. The quantitative estimate of drug-likeness (QED) is 0.885. The Balaban J connectivity index is 0.00000264. The van der Waals surface area contributed by atoms with E-state index in [0.717, 1.165) is 31.7 Å². The van der Waals surface area contributed by atoms with E-state index in [9.17, 15) is 4.79 Å². The molecular formula is C18H29ClN2O2. The fourth-order valence-corrected chi connectivity index (χ4v) is 2.58. The van der Waals surface area contributed by atoms with Gasteiger partial charge in [-0.1, -0.05) is 32.9 Å². The molecule has 1 aromatic rings. The van der Waals surface area contributed by atoms with Crippen molar-refractivity contribution in [3.8, 4) is 5.75 Å². The van der Waals surface area contributed by atoms with E-state index < -0.39 is 6.10 Å². The first-order valence-corrected chi connectivity index (χ1v) is 8.14. The second-order valence-electron chi connectivity index (χ2n) is 7.09. The van der Waals surface area contributed by atoms with Gasteiger partial charge in [0.2, 0.25) is 0 Å². The topological polar surface area (TPSA) is 50.4 Å². The number of halogens is 1. The maximum absolute atomic E-state index is 12.2. The minimum atomic E-state index is -0.484. The maximum atomic E-state index is 12.2. The summed E-state index contributed by atoms with van der Waals surface area (Å²) < 4.78 is 5.75. The first-order valence-electron chi connectivity index (χ1n) is 8.14. The van der Waals surface area contributed by atoms with Crippen LogP contribution in [0.25, 0.3) is 0 Å². The summed E-state index contributed by atoms with van der Waals surface area (Å²) in [7, 11) is 0. The lowest BCUT2D eigenvalue weighted by molar-refractivity contribution is -0.128. The Morgan fingerprint density at radius 1 is 1.30 bits per heavy atom. The second-order valence-corrected chi connectivity index (χ2v) is 7.09. The SMILES string of the molecule is CC(Oc1ccc(C(C)(C)C)cc1)C(=O)NC1CCCNC1.Cl. The summed E-state index contributed by atoms with van der Waals surface area (Å²) in [5, 5.41) is 6.34. The van der Waals surface area contributed by atoms with Crippen LogP contribution in [-0.4, -0.2) is 31.1 Å². The summed E-state index contributed by atoms with van der Waals surface area (Å²) in [6.07, 6.45) is 1.66.